The molecule has 0 unspecified atom stereocenters. The van der Waals surface area contributed by atoms with Crippen LogP contribution in [0.25, 0.3) is 0 Å². The van der Waals surface area contributed by atoms with E-state index >= 15 is 0 Å². The third-order valence-corrected chi connectivity index (χ3v) is 13.0. The third kappa shape index (κ3) is 35.4. The molecule has 0 amide bonds. The monoisotopic (exact) mass is 869 g/mol. The van der Waals surface area contributed by atoms with E-state index in [1.54, 1.807) is 12.1 Å². The zero-order valence-corrected chi connectivity index (χ0v) is 41.9. The number of unbranched alkanes of at least 4 members (excludes halogenated alkanes) is 32. The van der Waals surface area contributed by atoms with Crippen LogP contribution in [0.15, 0.2) is 24.3 Å². The maximum atomic E-state index is 13.4. The number of rotatable bonds is 48. The van der Waals surface area contributed by atoms with E-state index in [1.807, 2.05) is 12.1 Å². The summed E-state index contributed by atoms with van der Waals surface area (Å²) in [5.74, 6) is -0.859. The lowest BCUT2D eigenvalue weighted by molar-refractivity contribution is 0.0413. The van der Waals surface area contributed by atoms with Gasteiger partial charge in [0.25, 0.3) is 0 Å². The summed E-state index contributed by atoms with van der Waals surface area (Å²) >= 11 is 0. The number of carbonyl (C=O) groups is 2. The summed E-state index contributed by atoms with van der Waals surface area (Å²) < 4.78 is 11.7. The second-order valence-electron chi connectivity index (χ2n) is 18.8. The Hall–Kier alpha value is -1.92. The van der Waals surface area contributed by atoms with Gasteiger partial charge in [-0.25, -0.2) is 9.59 Å². The third-order valence-electron chi connectivity index (χ3n) is 13.0. The average Bonchev–Trinajstić information content (AvgIpc) is 3.28. The molecule has 62 heavy (non-hydrogen) atoms. The number of hydrogen-bond donors (Lipinski definition) is 0. The second kappa shape index (κ2) is 45.6. The fourth-order valence-electron chi connectivity index (χ4n) is 8.78. The smallest absolute Gasteiger partial charge is 0.339 e. The van der Waals surface area contributed by atoms with Crippen molar-refractivity contribution in [2.75, 3.05) is 52.5 Å². The van der Waals surface area contributed by atoms with Gasteiger partial charge in [0.05, 0.1) is 11.1 Å². The molecule has 1 aromatic carbocycles. The van der Waals surface area contributed by atoms with E-state index in [2.05, 4.69) is 37.5 Å². The number of ether oxygens (including phenoxy) is 2. The molecule has 1 rings (SSSR count). The predicted octanol–water partition coefficient (Wildman–Crippen LogP) is 16.7. The second-order valence-corrected chi connectivity index (χ2v) is 18.8. The molecule has 0 aliphatic carbocycles. The molecule has 0 N–H and O–H groups in total. The van der Waals surface area contributed by atoms with Gasteiger partial charge in [0.1, 0.15) is 13.2 Å². The fourth-order valence-corrected chi connectivity index (χ4v) is 8.78. The zero-order chi connectivity index (χ0) is 44.8. The van der Waals surface area contributed by atoms with Gasteiger partial charge in [0.2, 0.25) is 0 Å². The minimum Gasteiger partial charge on any atom is -0.461 e. The van der Waals surface area contributed by atoms with Crippen molar-refractivity contribution in [1.29, 1.82) is 0 Å². The highest BCUT2D eigenvalue weighted by atomic mass is 16.5. The van der Waals surface area contributed by atoms with Crippen LogP contribution in [-0.4, -0.2) is 74.2 Å². The van der Waals surface area contributed by atoms with Crippen LogP contribution in [0.1, 0.15) is 280 Å². The molecular formula is C56H104N2O4. The quantitative estimate of drug-likeness (QED) is 0.0480. The number of hydrogen-bond acceptors (Lipinski definition) is 6. The van der Waals surface area contributed by atoms with Gasteiger partial charge in [-0.2, -0.15) is 0 Å². The molecular weight excluding hydrogens is 765 g/mol. The maximum absolute atomic E-state index is 13.4. The van der Waals surface area contributed by atoms with Crippen LogP contribution in [0, 0.1) is 0 Å². The van der Waals surface area contributed by atoms with E-state index < -0.39 is 11.9 Å². The number of nitrogens with zero attached hydrogens (tertiary/aromatic N) is 2. The highest BCUT2D eigenvalue weighted by molar-refractivity contribution is 6.03. The maximum Gasteiger partial charge on any atom is 0.339 e. The Kier molecular flexibility index (Phi) is 42.8. The Morgan fingerprint density at radius 1 is 0.323 bits per heavy atom. The lowest BCUT2D eigenvalue weighted by Gasteiger charge is -2.23. The van der Waals surface area contributed by atoms with Crippen molar-refractivity contribution in [3.05, 3.63) is 35.4 Å². The van der Waals surface area contributed by atoms with Crippen molar-refractivity contribution in [2.45, 2.75) is 259 Å². The van der Waals surface area contributed by atoms with Gasteiger partial charge in [0.15, 0.2) is 0 Å². The Labute approximate surface area is 386 Å². The summed E-state index contributed by atoms with van der Waals surface area (Å²) in [6.07, 6.45) is 47.7. The van der Waals surface area contributed by atoms with Gasteiger partial charge in [-0.1, -0.05) is 245 Å². The van der Waals surface area contributed by atoms with Gasteiger partial charge in [-0.05, 0) is 64.0 Å². The lowest BCUT2D eigenvalue weighted by Crippen LogP contribution is -2.31. The molecule has 0 saturated heterocycles. The summed E-state index contributed by atoms with van der Waals surface area (Å²) in [6, 6.07) is 7.04. The fraction of sp³-hybridized carbons (Fsp3) is 0.857. The molecule has 0 aliphatic rings. The minimum absolute atomic E-state index is 0.308. The lowest BCUT2D eigenvalue weighted by atomic mass is 10.1. The molecule has 0 atom stereocenters. The average molecular weight is 869 g/mol. The summed E-state index contributed by atoms with van der Waals surface area (Å²) in [5.41, 5.74) is 0.617. The predicted molar refractivity (Wildman–Crippen MR) is 269 cm³/mol. The number of benzene rings is 1. The first-order valence-corrected chi connectivity index (χ1v) is 27.4. The van der Waals surface area contributed by atoms with Crippen LogP contribution in [0.4, 0.5) is 0 Å². The SMILES string of the molecule is CCCCCCCCCCCN(CCCCCCCCCCC)CCOC(=O)c1ccccc1C(=O)OCCN(CCCCCCCCCCC)CCCCCCCCCCC. The van der Waals surface area contributed by atoms with Gasteiger partial charge in [0, 0.05) is 13.1 Å². The standard InChI is InChI=1S/C56H104N2O4/c1-5-9-13-17-21-25-29-33-39-45-57(46-40-34-30-26-22-18-14-10-6-2)49-51-61-55(59)53-43-37-38-44-54(53)56(60)62-52-50-58(47-41-35-31-27-23-19-15-11-7-3)48-42-36-32-28-24-20-16-12-8-4/h37-38,43-44H,5-36,39-42,45-52H2,1-4H3. The van der Waals surface area contributed by atoms with Crippen molar-refractivity contribution in [1.82, 2.24) is 9.80 Å². The number of esters is 2. The van der Waals surface area contributed by atoms with E-state index in [9.17, 15) is 9.59 Å². The van der Waals surface area contributed by atoms with E-state index in [0.717, 1.165) is 39.3 Å². The van der Waals surface area contributed by atoms with Crippen molar-refractivity contribution in [3.63, 3.8) is 0 Å². The molecule has 0 aromatic heterocycles. The first-order chi connectivity index (χ1) is 30.6. The van der Waals surface area contributed by atoms with Crippen molar-refractivity contribution < 1.29 is 19.1 Å². The Bertz CT molecular complexity index is 982. The molecule has 362 valence electrons. The molecule has 0 bridgehead atoms. The van der Waals surface area contributed by atoms with Gasteiger partial charge in [-0.15, -0.1) is 0 Å². The molecule has 6 nitrogen and oxygen atoms in total. The summed E-state index contributed by atoms with van der Waals surface area (Å²) in [7, 11) is 0. The minimum atomic E-state index is -0.430. The summed E-state index contributed by atoms with van der Waals surface area (Å²) in [5, 5.41) is 0. The molecule has 0 saturated carbocycles. The van der Waals surface area contributed by atoms with Crippen LogP contribution >= 0.6 is 0 Å². The molecule has 0 aliphatic heterocycles. The summed E-state index contributed by atoms with van der Waals surface area (Å²) in [4.78, 5) is 31.9. The van der Waals surface area contributed by atoms with Crippen molar-refractivity contribution in [3.8, 4) is 0 Å². The van der Waals surface area contributed by atoms with Crippen LogP contribution in [-0.2, 0) is 9.47 Å². The van der Waals surface area contributed by atoms with Crippen LogP contribution < -0.4 is 0 Å². The molecule has 0 radical (unpaired) electrons. The normalized spacial score (nSPS) is 11.6. The molecule has 6 heteroatoms. The van der Waals surface area contributed by atoms with Crippen LogP contribution in [0.3, 0.4) is 0 Å². The van der Waals surface area contributed by atoms with Gasteiger partial charge in [-0.3, -0.25) is 9.80 Å². The Morgan fingerprint density at radius 2 is 0.532 bits per heavy atom. The highest BCUT2D eigenvalue weighted by Crippen LogP contribution is 2.16. The summed E-state index contributed by atoms with van der Waals surface area (Å²) in [6.45, 7) is 15.5. The highest BCUT2D eigenvalue weighted by Gasteiger charge is 2.20. The van der Waals surface area contributed by atoms with Crippen molar-refractivity contribution in [2.24, 2.45) is 0 Å². The van der Waals surface area contributed by atoms with Crippen LogP contribution in [0.5, 0.6) is 0 Å². The molecule has 0 heterocycles. The van der Waals surface area contributed by atoms with Gasteiger partial charge >= 0.3 is 11.9 Å². The van der Waals surface area contributed by atoms with Gasteiger partial charge < -0.3 is 9.47 Å². The Balaban J connectivity index is 2.63. The Morgan fingerprint density at radius 3 is 0.758 bits per heavy atom. The topological polar surface area (TPSA) is 59.1 Å². The first-order valence-electron chi connectivity index (χ1n) is 27.4. The van der Waals surface area contributed by atoms with E-state index in [-0.39, 0.29) is 0 Å². The molecule has 0 spiro atoms. The molecule has 1 aromatic rings. The molecule has 0 fully saturated rings. The van der Waals surface area contributed by atoms with E-state index in [4.69, 9.17) is 9.47 Å². The first kappa shape index (κ1) is 58.1. The zero-order valence-electron chi connectivity index (χ0n) is 41.9. The van der Waals surface area contributed by atoms with E-state index in [1.165, 1.54) is 231 Å². The van der Waals surface area contributed by atoms with E-state index in [0.29, 0.717) is 24.3 Å². The largest absolute Gasteiger partial charge is 0.461 e. The van der Waals surface area contributed by atoms with Crippen LogP contribution in [0.2, 0.25) is 0 Å². The number of carbonyl (C=O) groups excluding carboxylic acids is 2. The van der Waals surface area contributed by atoms with Crippen molar-refractivity contribution >= 4 is 11.9 Å².